The van der Waals surface area contributed by atoms with Gasteiger partial charge in [0.05, 0.1) is 11.6 Å². The van der Waals surface area contributed by atoms with Gasteiger partial charge in [0.25, 0.3) is 5.91 Å². The van der Waals surface area contributed by atoms with E-state index in [0.717, 1.165) is 48.7 Å². The maximum absolute atomic E-state index is 13.0. The zero-order valence-electron chi connectivity index (χ0n) is 18.2. The predicted octanol–water partition coefficient (Wildman–Crippen LogP) is 5.46. The van der Waals surface area contributed by atoms with Crippen LogP contribution in [-0.4, -0.2) is 32.4 Å². The summed E-state index contributed by atoms with van der Waals surface area (Å²) in [6.07, 6.45) is 1.02. The highest BCUT2D eigenvalue weighted by molar-refractivity contribution is 6.05. The van der Waals surface area contributed by atoms with E-state index in [2.05, 4.69) is 16.9 Å². The highest BCUT2D eigenvalue weighted by Crippen LogP contribution is 2.34. The quantitative estimate of drug-likeness (QED) is 0.532. The van der Waals surface area contributed by atoms with Crippen molar-refractivity contribution in [3.05, 3.63) is 60.1 Å². The van der Waals surface area contributed by atoms with Gasteiger partial charge in [0.15, 0.2) is 0 Å². The molecular weight excluding hydrogens is 433 g/mol. The van der Waals surface area contributed by atoms with E-state index in [-0.39, 0.29) is 18.3 Å². The number of nitrogens with one attached hydrogen (secondary N) is 1. The number of rotatable bonds is 5. The van der Waals surface area contributed by atoms with Crippen LogP contribution >= 0.6 is 0 Å². The molecule has 0 radical (unpaired) electrons. The van der Waals surface area contributed by atoms with Gasteiger partial charge in [-0.2, -0.15) is 18.3 Å². The number of carbonyl (C=O) groups excluding carboxylic acids is 1. The molecule has 33 heavy (non-hydrogen) atoms. The summed E-state index contributed by atoms with van der Waals surface area (Å²) in [6, 6.07) is 7.04. The topological polar surface area (TPSA) is 80.0 Å². The number of anilines is 1. The lowest BCUT2D eigenvalue weighted by Crippen LogP contribution is -2.20. The highest BCUT2D eigenvalue weighted by Gasteiger charge is 2.33. The maximum Gasteiger partial charge on any atom is 0.433 e. The molecule has 1 aliphatic rings. The third-order valence-corrected chi connectivity index (χ3v) is 6.09. The summed E-state index contributed by atoms with van der Waals surface area (Å²) < 4.78 is 40.8. The first-order valence-corrected chi connectivity index (χ1v) is 10.8. The van der Waals surface area contributed by atoms with E-state index in [1.54, 1.807) is 13.0 Å². The minimum absolute atomic E-state index is 0.208. The molecular formula is C24H25F3N4O2. The lowest BCUT2D eigenvalue weighted by atomic mass is 9.87. The van der Waals surface area contributed by atoms with Crippen molar-refractivity contribution in [2.75, 3.05) is 11.9 Å². The molecule has 6 nitrogen and oxygen atoms in total. The summed E-state index contributed by atoms with van der Waals surface area (Å²) >= 11 is 0. The van der Waals surface area contributed by atoms with E-state index in [0.29, 0.717) is 22.7 Å². The molecule has 1 aromatic carbocycles. The van der Waals surface area contributed by atoms with Crippen molar-refractivity contribution >= 4 is 28.1 Å². The molecule has 1 saturated carbocycles. The lowest BCUT2D eigenvalue weighted by molar-refractivity contribution is -0.141. The van der Waals surface area contributed by atoms with Crippen LogP contribution in [0.5, 0.6) is 0 Å². The Morgan fingerprint density at radius 1 is 1.24 bits per heavy atom. The minimum atomic E-state index is -4.64. The van der Waals surface area contributed by atoms with Crippen molar-refractivity contribution in [1.29, 1.82) is 0 Å². The number of aliphatic hydroxyl groups excluding tert-OH is 1. The Morgan fingerprint density at radius 3 is 2.61 bits per heavy atom. The van der Waals surface area contributed by atoms with Gasteiger partial charge in [0.2, 0.25) is 0 Å². The van der Waals surface area contributed by atoms with Crippen molar-refractivity contribution in [3.63, 3.8) is 0 Å². The van der Waals surface area contributed by atoms with Crippen LogP contribution < -0.4 is 5.32 Å². The standard InChI is InChI=1S/C24H25F3N4O2/c1-14(2)18-11-20-16(12-31(30-20)17-8-6-15(13-32)7-9-17)10-21(18)29-23(33)19-4-3-5-22(28-19)24(25,26)27/h3-5,10-12,15,17,32H,1,6-9,13H2,2H3,(H,29,33). The van der Waals surface area contributed by atoms with Crippen LogP contribution in [0.4, 0.5) is 18.9 Å². The number of fused-ring (bicyclic) bond motifs is 1. The zero-order chi connectivity index (χ0) is 23.8. The molecule has 174 valence electrons. The Hall–Kier alpha value is -3.20. The number of benzene rings is 1. The number of allylic oxidation sites excluding steroid dienone is 1. The number of aromatic nitrogens is 3. The molecule has 1 fully saturated rings. The number of carbonyl (C=O) groups is 1. The van der Waals surface area contributed by atoms with E-state index >= 15 is 0 Å². The summed E-state index contributed by atoms with van der Waals surface area (Å²) in [7, 11) is 0. The fourth-order valence-electron chi connectivity index (χ4n) is 4.23. The summed E-state index contributed by atoms with van der Waals surface area (Å²) in [6.45, 7) is 5.95. The van der Waals surface area contributed by atoms with E-state index in [9.17, 15) is 23.1 Å². The third kappa shape index (κ3) is 4.93. The average molecular weight is 458 g/mol. The molecule has 0 spiro atoms. The van der Waals surface area contributed by atoms with Crippen molar-refractivity contribution in [2.45, 2.75) is 44.8 Å². The molecule has 2 heterocycles. The number of halogens is 3. The largest absolute Gasteiger partial charge is 0.433 e. The molecule has 0 unspecified atom stereocenters. The molecule has 0 atom stereocenters. The van der Waals surface area contributed by atoms with Gasteiger partial charge in [-0.15, -0.1) is 0 Å². The van der Waals surface area contributed by atoms with E-state index in [1.807, 2.05) is 16.9 Å². The van der Waals surface area contributed by atoms with Crippen molar-refractivity contribution < 1.29 is 23.1 Å². The number of amides is 1. The molecule has 2 aromatic heterocycles. The number of pyridine rings is 1. The molecule has 2 N–H and O–H groups in total. The van der Waals surface area contributed by atoms with Gasteiger partial charge in [0.1, 0.15) is 11.4 Å². The number of hydrogen-bond acceptors (Lipinski definition) is 4. The summed E-state index contributed by atoms with van der Waals surface area (Å²) in [4.78, 5) is 16.2. The first-order chi connectivity index (χ1) is 15.7. The average Bonchev–Trinajstić information content (AvgIpc) is 3.21. The Morgan fingerprint density at radius 2 is 1.97 bits per heavy atom. The predicted molar refractivity (Wildman–Crippen MR) is 120 cm³/mol. The van der Waals surface area contributed by atoms with Gasteiger partial charge in [0, 0.05) is 29.4 Å². The van der Waals surface area contributed by atoms with Crippen LogP contribution in [0.25, 0.3) is 16.5 Å². The smallest absolute Gasteiger partial charge is 0.396 e. The Bertz CT molecular complexity index is 1190. The molecule has 4 rings (SSSR count). The monoisotopic (exact) mass is 458 g/mol. The maximum atomic E-state index is 13.0. The molecule has 0 saturated heterocycles. The van der Waals surface area contributed by atoms with Gasteiger partial charge >= 0.3 is 6.18 Å². The second kappa shape index (κ2) is 8.97. The van der Waals surface area contributed by atoms with Crippen LogP contribution in [0.2, 0.25) is 0 Å². The number of nitrogens with zero attached hydrogens (tertiary/aromatic N) is 3. The Balaban J connectivity index is 1.62. The normalized spacial score (nSPS) is 18.9. The first-order valence-electron chi connectivity index (χ1n) is 10.8. The Labute approximate surface area is 189 Å². The van der Waals surface area contributed by atoms with Crippen molar-refractivity contribution in [1.82, 2.24) is 14.8 Å². The SMILES string of the molecule is C=C(C)c1cc2nn(C3CCC(CO)CC3)cc2cc1NC(=O)c1cccc(C(F)(F)F)n1. The molecule has 9 heteroatoms. The van der Waals surface area contributed by atoms with Crippen molar-refractivity contribution in [3.8, 4) is 0 Å². The zero-order valence-corrected chi connectivity index (χ0v) is 18.2. The van der Waals surface area contributed by atoms with Crippen LogP contribution in [0.1, 0.15) is 60.4 Å². The molecule has 1 amide bonds. The first kappa shape index (κ1) is 23.0. The number of aliphatic hydroxyl groups is 1. The van der Waals surface area contributed by atoms with Gasteiger partial charge in [-0.25, -0.2) is 4.98 Å². The summed E-state index contributed by atoms with van der Waals surface area (Å²) in [5.41, 5.74) is 1.06. The minimum Gasteiger partial charge on any atom is -0.396 e. The van der Waals surface area contributed by atoms with Crippen LogP contribution in [0.15, 0.2) is 43.1 Å². The van der Waals surface area contributed by atoms with Gasteiger partial charge in [-0.05, 0) is 68.4 Å². The summed E-state index contributed by atoms with van der Waals surface area (Å²) in [5, 5.41) is 17.6. The second-order valence-corrected chi connectivity index (χ2v) is 8.56. The lowest BCUT2D eigenvalue weighted by Gasteiger charge is -2.27. The second-order valence-electron chi connectivity index (χ2n) is 8.56. The molecule has 1 aliphatic carbocycles. The number of alkyl halides is 3. The molecule has 0 aliphatic heterocycles. The van der Waals surface area contributed by atoms with Crippen LogP contribution in [0, 0.1) is 5.92 Å². The Kier molecular flexibility index (Phi) is 6.25. The molecule has 3 aromatic rings. The third-order valence-electron chi connectivity index (χ3n) is 6.09. The van der Waals surface area contributed by atoms with Crippen molar-refractivity contribution in [2.24, 2.45) is 5.92 Å². The molecule has 0 bridgehead atoms. The highest BCUT2D eigenvalue weighted by atomic mass is 19.4. The van der Waals surface area contributed by atoms with E-state index < -0.39 is 17.8 Å². The fraction of sp³-hybridized carbons (Fsp3) is 0.375. The van der Waals surface area contributed by atoms with Crippen LogP contribution in [-0.2, 0) is 6.18 Å². The fourth-order valence-corrected chi connectivity index (χ4v) is 4.23. The van der Waals surface area contributed by atoms with Gasteiger partial charge in [-0.1, -0.05) is 12.6 Å². The summed E-state index contributed by atoms with van der Waals surface area (Å²) in [5.74, 6) is -0.398. The van der Waals surface area contributed by atoms with Crippen LogP contribution in [0.3, 0.4) is 0 Å². The van der Waals surface area contributed by atoms with E-state index in [4.69, 9.17) is 5.10 Å². The number of hydrogen-bond donors (Lipinski definition) is 2. The van der Waals surface area contributed by atoms with E-state index in [1.165, 1.54) is 6.07 Å². The van der Waals surface area contributed by atoms with Gasteiger partial charge in [-0.3, -0.25) is 9.48 Å². The van der Waals surface area contributed by atoms with Gasteiger partial charge < -0.3 is 10.4 Å².